The highest BCUT2D eigenvalue weighted by atomic mass is 15.1. The normalized spacial score (nSPS) is 10.7. The van der Waals surface area contributed by atoms with Gasteiger partial charge in [-0.1, -0.05) is 24.3 Å². The molecule has 1 aromatic carbocycles. The van der Waals surface area contributed by atoms with Gasteiger partial charge in [0.2, 0.25) is 5.95 Å². The maximum Gasteiger partial charge on any atom is 0.222 e. The van der Waals surface area contributed by atoms with Crippen LogP contribution in [0, 0.1) is 0 Å². The van der Waals surface area contributed by atoms with Crippen molar-refractivity contribution >= 4 is 16.9 Å². The van der Waals surface area contributed by atoms with Crippen LogP contribution in [0.5, 0.6) is 0 Å². The van der Waals surface area contributed by atoms with Crippen LogP contribution in [0.2, 0.25) is 0 Å². The maximum absolute atomic E-state index is 4.67. The molecule has 0 saturated heterocycles. The summed E-state index contributed by atoms with van der Waals surface area (Å²) in [6.45, 7) is 2.85. The Hall–Kier alpha value is -2.49. The summed E-state index contributed by atoms with van der Waals surface area (Å²) in [4.78, 5) is 13.3. The minimum atomic E-state index is 0.672. The van der Waals surface area contributed by atoms with Crippen molar-refractivity contribution in [2.75, 3.05) is 11.9 Å². The predicted molar refractivity (Wildman–Crippen MR) is 80.7 cm³/mol. The van der Waals surface area contributed by atoms with Crippen molar-refractivity contribution in [2.24, 2.45) is 0 Å². The number of fused-ring (bicyclic) bond motifs is 1. The molecule has 0 saturated carbocycles. The molecule has 3 aromatic rings. The minimum Gasteiger partial charge on any atom is -0.354 e. The van der Waals surface area contributed by atoms with E-state index in [9.17, 15) is 0 Å². The summed E-state index contributed by atoms with van der Waals surface area (Å²) in [7, 11) is 0. The molecular weight excluding hydrogens is 248 g/mol. The van der Waals surface area contributed by atoms with E-state index < -0.39 is 0 Å². The Morgan fingerprint density at radius 3 is 2.70 bits per heavy atom. The molecule has 0 atom stereocenters. The number of aromatic nitrogens is 3. The van der Waals surface area contributed by atoms with Crippen LogP contribution in [0.15, 0.2) is 48.7 Å². The fourth-order valence-electron chi connectivity index (χ4n) is 2.13. The monoisotopic (exact) mass is 264 g/mol. The van der Waals surface area contributed by atoms with Crippen LogP contribution in [-0.4, -0.2) is 21.5 Å². The molecule has 4 nitrogen and oxygen atoms in total. The average Bonchev–Trinajstić information content (AvgIpc) is 2.48. The molecule has 2 heterocycles. The molecule has 0 amide bonds. The summed E-state index contributed by atoms with van der Waals surface area (Å²) in [5.41, 5.74) is 3.01. The summed E-state index contributed by atoms with van der Waals surface area (Å²) in [5, 5.41) is 4.28. The lowest BCUT2D eigenvalue weighted by molar-refractivity contribution is 0.983. The molecule has 0 bridgehead atoms. The van der Waals surface area contributed by atoms with Gasteiger partial charge in [-0.3, -0.25) is 4.98 Å². The lowest BCUT2D eigenvalue weighted by atomic mass is 10.1. The standard InChI is InChI=1S/C16H16N4/c1-2-17-16-18-10-9-14(20-16)11-13-8-7-12-5-3-4-6-15(12)19-13/h3-10H,2,11H2,1H3,(H,17,18,20). The zero-order chi connectivity index (χ0) is 13.8. The van der Waals surface area contributed by atoms with Crippen molar-refractivity contribution in [3.63, 3.8) is 0 Å². The van der Waals surface area contributed by atoms with Gasteiger partial charge in [-0.15, -0.1) is 0 Å². The van der Waals surface area contributed by atoms with Gasteiger partial charge in [0.15, 0.2) is 0 Å². The number of rotatable bonds is 4. The Labute approximate surface area is 117 Å². The summed E-state index contributed by atoms with van der Waals surface area (Å²) in [6, 6.07) is 14.2. The first-order chi connectivity index (χ1) is 9.85. The van der Waals surface area contributed by atoms with Crippen LogP contribution in [0.1, 0.15) is 18.3 Å². The lowest BCUT2D eigenvalue weighted by Gasteiger charge is -2.05. The molecule has 0 spiro atoms. The van der Waals surface area contributed by atoms with E-state index in [2.05, 4.69) is 38.5 Å². The first kappa shape index (κ1) is 12.5. The van der Waals surface area contributed by atoms with Gasteiger partial charge >= 0.3 is 0 Å². The highest BCUT2D eigenvalue weighted by Gasteiger charge is 2.03. The molecule has 2 aromatic heterocycles. The molecule has 0 aliphatic heterocycles. The highest BCUT2D eigenvalue weighted by molar-refractivity contribution is 5.78. The van der Waals surface area contributed by atoms with Gasteiger partial charge in [0.25, 0.3) is 0 Å². The predicted octanol–water partition coefficient (Wildman–Crippen LogP) is 3.05. The number of hydrogen-bond donors (Lipinski definition) is 1. The van der Waals surface area contributed by atoms with Gasteiger partial charge in [-0.05, 0) is 25.1 Å². The second-order valence-electron chi connectivity index (χ2n) is 4.57. The second-order valence-corrected chi connectivity index (χ2v) is 4.57. The minimum absolute atomic E-state index is 0.672. The summed E-state index contributed by atoms with van der Waals surface area (Å²) < 4.78 is 0. The number of anilines is 1. The van der Waals surface area contributed by atoms with Crippen molar-refractivity contribution in [1.82, 2.24) is 15.0 Å². The average molecular weight is 264 g/mol. The van der Waals surface area contributed by atoms with Crippen LogP contribution < -0.4 is 5.32 Å². The van der Waals surface area contributed by atoms with Crippen LogP contribution in [0.25, 0.3) is 10.9 Å². The van der Waals surface area contributed by atoms with Crippen molar-refractivity contribution in [3.05, 3.63) is 60.0 Å². The van der Waals surface area contributed by atoms with E-state index in [0.717, 1.165) is 28.8 Å². The number of hydrogen-bond acceptors (Lipinski definition) is 4. The Kier molecular flexibility index (Phi) is 3.54. The fraction of sp³-hybridized carbons (Fsp3) is 0.188. The van der Waals surface area contributed by atoms with Crippen LogP contribution in [0.3, 0.4) is 0 Å². The van der Waals surface area contributed by atoms with Crippen LogP contribution in [0.4, 0.5) is 5.95 Å². The zero-order valence-corrected chi connectivity index (χ0v) is 11.4. The number of nitrogens with one attached hydrogen (secondary N) is 1. The Morgan fingerprint density at radius 1 is 0.950 bits per heavy atom. The molecule has 4 heteroatoms. The van der Waals surface area contributed by atoms with E-state index in [1.807, 2.05) is 31.2 Å². The molecule has 3 rings (SSSR count). The van der Waals surface area contributed by atoms with Gasteiger partial charge < -0.3 is 5.32 Å². The van der Waals surface area contributed by atoms with Gasteiger partial charge in [-0.25, -0.2) is 9.97 Å². The van der Waals surface area contributed by atoms with E-state index in [4.69, 9.17) is 0 Å². The third-order valence-electron chi connectivity index (χ3n) is 3.07. The maximum atomic E-state index is 4.67. The quantitative estimate of drug-likeness (QED) is 0.787. The molecule has 0 aliphatic carbocycles. The Balaban J connectivity index is 1.87. The highest BCUT2D eigenvalue weighted by Crippen LogP contribution is 2.14. The van der Waals surface area contributed by atoms with E-state index in [1.54, 1.807) is 6.20 Å². The molecule has 0 fully saturated rings. The topological polar surface area (TPSA) is 50.7 Å². The SMILES string of the molecule is CCNc1nccc(Cc2ccc3ccccc3n2)n1. The molecule has 0 aliphatic rings. The smallest absolute Gasteiger partial charge is 0.222 e. The Bertz CT molecular complexity index is 724. The Morgan fingerprint density at radius 2 is 1.80 bits per heavy atom. The van der Waals surface area contributed by atoms with Crippen LogP contribution >= 0.6 is 0 Å². The summed E-state index contributed by atoms with van der Waals surface area (Å²) in [6.07, 6.45) is 2.49. The van der Waals surface area contributed by atoms with Crippen LogP contribution in [-0.2, 0) is 6.42 Å². The van der Waals surface area contributed by atoms with Crippen molar-refractivity contribution < 1.29 is 0 Å². The molecule has 100 valence electrons. The van der Waals surface area contributed by atoms with E-state index >= 15 is 0 Å². The van der Waals surface area contributed by atoms with Gasteiger partial charge in [0.1, 0.15) is 0 Å². The number of para-hydroxylation sites is 1. The lowest BCUT2D eigenvalue weighted by Crippen LogP contribution is -2.04. The van der Waals surface area contributed by atoms with Crippen molar-refractivity contribution in [3.8, 4) is 0 Å². The first-order valence-corrected chi connectivity index (χ1v) is 6.75. The number of nitrogens with zero attached hydrogens (tertiary/aromatic N) is 3. The van der Waals surface area contributed by atoms with Gasteiger partial charge in [-0.2, -0.15) is 0 Å². The zero-order valence-electron chi connectivity index (χ0n) is 11.4. The number of pyridine rings is 1. The molecule has 0 unspecified atom stereocenters. The molecule has 1 N–H and O–H groups in total. The largest absolute Gasteiger partial charge is 0.354 e. The summed E-state index contributed by atoms with van der Waals surface area (Å²) in [5.74, 6) is 0.672. The third-order valence-corrected chi connectivity index (χ3v) is 3.07. The molecular formula is C16H16N4. The molecule has 20 heavy (non-hydrogen) atoms. The number of benzene rings is 1. The molecule has 0 radical (unpaired) electrons. The third kappa shape index (κ3) is 2.74. The first-order valence-electron chi connectivity index (χ1n) is 6.75. The van der Waals surface area contributed by atoms with Crippen molar-refractivity contribution in [2.45, 2.75) is 13.3 Å². The van der Waals surface area contributed by atoms with Gasteiger partial charge in [0, 0.05) is 30.2 Å². The fourth-order valence-corrected chi connectivity index (χ4v) is 2.13. The van der Waals surface area contributed by atoms with Crippen molar-refractivity contribution in [1.29, 1.82) is 0 Å². The van der Waals surface area contributed by atoms with E-state index in [-0.39, 0.29) is 0 Å². The summed E-state index contributed by atoms with van der Waals surface area (Å²) >= 11 is 0. The van der Waals surface area contributed by atoms with E-state index in [0.29, 0.717) is 12.4 Å². The second kappa shape index (κ2) is 5.65. The van der Waals surface area contributed by atoms with Gasteiger partial charge in [0.05, 0.1) is 11.2 Å². The van der Waals surface area contributed by atoms with E-state index in [1.165, 1.54) is 0 Å².